The number of ether oxygens (including phenoxy) is 1. The number of nitrogens with one attached hydrogen (secondary N) is 1. The first kappa shape index (κ1) is 16.2. The monoisotopic (exact) mass is 326 g/mol. The highest BCUT2D eigenvalue weighted by molar-refractivity contribution is 6.03. The Hall–Kier alpha value is -2.63. The van der Waals surface area contributed by atoms with Crippen LogP contribution in [0.4, 0.5) is 11.6 Å². The van der Waals surface area contributed by atoms with Crippen molar-refractivity contribution < 1.29 is 9.53 Å². The van der Waals surface area contributed by atoms with Gasteiger partial charge in [-0.25, -0.2) is 9.97 Å². The van der Waals surface area contributed by atoms with Crippen LogP contribution in [0.25, 0.3) is 0 Å². The molecule has 2 aromatic rings. The molecule has 1 fully saturated rings. The number of carbonyl (C=O) groups is 1. The van der Waals surface area contributed by atoms with Gasteiger partial charge in [0.05, 0.1) is 11.8 Å². The van der Waals surface area contributed by atoms with Gasteiger partial charge in [-0.3, -0.25) is 4.79 Å². The number of carbonyl (C=O) groups excluding carboxylic acids is 1. The molecule has 1 N–H and O–H groups in total. The number of anilines is 2. The molecule has 6 heteroatoms. The number of nitrogens with zero attached hydrogens (tertiary/aromatic N) is 3. The van der Waals surface area contributed by atoms with Crippen molar-refractivity contribution in [3.63, 3.8) is 0 Å². The SMILES string of the molecule is CC(C)Oc1ccccc1NC(=O)c1ccnc(N2CCCC2)n1. The first-order chi connectivity index (χ1) is 11.6. The fraction of sp³-hybridized carbons (Fsp3) is 0.389. The van der Waals surface area contributed by atoms with E-state index in [0.717, 1.165) is 25.9 Å². The van der Waals surface area contributed by atoms with Crippen molar-refractivity contribution in [2.75, 3.05) is 23.3 Å². The van der Waals surface area contributed by atoms with Crippen LogP contribution in [-0.2, 0) is 0 Å². The van der Waals surface area contributed by atoms with Gasteiger partial charge in [0, 0.05) is 19.3 Å². The average Bonchev–Trinajstić information content (AvgIpc) is 3.11. The largest absolute Gasteiger partial charge is 0.489 e. The van der Waals surface area contributed by atoms with Gasteiger partial charge in [0.2, 0.25) is 5.95 Å². The second kappa shape index (κ2) is 7.29. The van der Waals surface area contributed by atoms with Crippen molar-refractivity contribution >= 4 is 17.5 Å². The van der Waals surface area contributed by atoms with Crippen molar-refractivity contribution in [1.29, 1.82) is 0 Å². The molecule has 24 heavy (non-hydrogen) atoms. The van der Waals surface area contributed by atoms with E-state index in [4.69, 9.17) is 4.74 Å². The number of hydrogen-bond acceptors (Lipinski definition) is 5. The van der Waals surface area contributed by atoms with Crippen LogP contribution in [0.1, 0.15) is 37.2 Å². The van der Waals surface area contributed by atoms with Gasteiger partial charge in [0.1, 0.15) is 11.4 Å². The molecule has 0 unspecified atom stereocenters. The van der Waals surface area contributed by atoms with Crippen LogP contribution in [0.15, 0.2) is 36.5 Å². The molecule has 126 valence electrons. The van der Waals surface area contributed by atoms with Gasteiger partial charge in [-0.05, 0) is 44.9 Å². The summed E-state index contributed by atoms with van der Waals surface area (Å²) in [6.07, 6.45) is 3.94. The van der Waals surface area contributed by atoms with E-state index < -0.39 is 0 Å². The summed E-state index contributed by atoms with van der Waals surface area (Å²) in [5.74, 6) is 0.999. The second-order valence-corrected chi connectivity index (χ2v) is 6.05. The Morgan fingerprint density at radius 3 is 2.71 bits per heavy atom. The van der Waals surface area contributed by atoms with E-state index >= 15 is 0 Å². The summed E-state index contributed by atoms with van der Waals surface area (Å²) in [7, 11) is 0. The minimum atomic E-state index is -0.266. The summed E-state index contributed by atoms with van der Waals surface area (Å²) in [6.45, 7) is 5.78. The minimum absolute atomic E-state index is 0.0314. The first-order valence-corrected chi connectivity index (χ1v) is 8.28. The zero-order valence-electron chi connectivity index (χ0n) is 14.0. The number of hydrogen-bond donors (Lipinski definition) is 1. The summed E-state index contributed by atoms with van der Waals surface area (Å²) in [5.41, 5.74) is 0.990. The molecule has 0 radical (unpaired) electrons. The minimum Gasteiger partial charge on any atom is -0.489 e. The van der Waals surface area contributed by atoms with Gasteiger partial charge in [-0.1, -0.05) is 12.1 Å². The van der Waals surface area contributed by atoms with E-state index in [2.05, 4.69) is 20.2 Å². The lowest BCUT2D eigenvalue weighted by Crippen LogP contribution is -2.22. The van der Waals surface area contributed by atoms with Crippen LogP contribution >= 0.6 is 0 Å². The van der Waals surface area contributed by atoms with E-state index in [1.807, 2.05) is 38.1 Å². The molecular weight excluding hydrogens is 304 g/mol. The molecule has 0 saturated carbocycles. The van der Waals surface area contributed by atoms with E-state index in [1.165, 1.54) is 0 Å². The Bertz CT molecular complexity index is 712. The molecule has 0 atom stereocenters. The topological polar surface area (TPSA) is 67.3 Å². The maximum atomic E-state index is 12.5. The molecule has 0 bridgehead atoms. The van der Waals surface area contributed by atoms with Crippen LogP contribution in [0.2, 0.25) is 0 Å². The molecule has 1 amide bonds. The molecule has 1 aromatic carbocycles. The highest BCUT2D eigenvalue weighted by atomic mass is 16.5. The van der Waals surface area contributed by atoms with Crippen LogP contribution in [0.3, 0.4) is 0 Å². The summed E-state index contributed by atoms with van der Waals surface area (Å²) in [5, 5.41) is 2.88. The van der Waals surface area contributed by atoms with Gasteiger partial charge in [0.25, 0.3) is 5.91 Å². The molecule has 6 nitrogen and oxygen atoms in total. The van der Waals surface area contributed by atoms with Gasteiger partial charge in [0.15, 0.2) is 0 Å². The fourth-order valence-corrected chi connectivity index (χ4v) is 2.66. The van der Waals surface area contributed by atoms with Crippen LogP contribution in [0.5, 0.6) is 5.75 Å². The van der Waals surface area contributed by atoms with E-state index in [9.17, 15) is 4.79 Å². The van der Waals surface area contributed by atoms with Crippen LogP contribution in [-0.4, -0.2) is 35.1 Å². The van der Waals surface area contributed by atoms with Crippen molar-refractivity contribution in [3.8, 4) is 5.75 Å². The molecular formula is C18H22N4O2. The van der Waals surface area contributed by atoms with E-state index in [1.54, 1.807) is 12.3 Å². The zero-order valence-corrected chi connectivity index (χ0v) is 14.0. The predicted octanol–water partition coefficient (Wildman–Crippen LogP) is 3.12. The summed E-state index contributed by atoms with van der Waals surface area (Å²) < 4.78 is 5.73. The predicted molar refractivity (Wildman–Crippen MR) is 93.6 cm³/mol. The van der Waals surface area contributed by atoms with Crippen molar-refractivity contribution in [3.05, 3.63) is 42.2 Å². The standard InChI is InChI=1S/C18H22N4O2/c1-13(2)24-16-8-4-3-7-14(16)20-17(23)15-9-10-19-18(21-15)22-11-5-6-12-22/h3-4,7-10,13H,5-6,11-12H2,1-2H3,(H,20,23). The average molecular weight is 326 g/mol. The third kappa shape index (κ3) is 3.82. The second-order valence-electron chi connectivity index (χ2n) is 6.05. The van der Waals surface area contributed by atoms with Gasteiger partial charge in [-0.2, -0.15) is 0 Å². The fourth-order valence-electron chi connectivity index (χ4n) is 2.66. The maximum absolute atomic E-state index is 12.5. The maximum Gasteiger partial charge on any atom is 0.274 e. The number of rotatable bonds is 5. The van der Waals surface area contributed by atoms with Gasteiger partial charge in [-0.15, -0.1) is 0 Å². The molecule has 3 rings (SSSR count). The lowest BCUT2D eigenvalue weighted by Gasteiger charge is -2.16. The Balaban J connectivity index is 1.77. The highest BCUT2D eigenvalue weighted by Gasteiger charge is 2.17. The van der Waals surface area contributed by atoms with E-state index in [0.29, 0.717) is 23.1 Å². The van der Waals surface area contributed by atoms with Crippen molar-refractivity contribution in [2.45, 2.75) is 32.8 Å². The molecule has 2 heterocycles. The van der Waals surface area contributed by atoms with Crippen LogP contribution in [0, 0.1) is 0 Å². The van der Waals surface area contributed by atoms with Crippen LogP contribution < -0.4 is 15.0 Å². The number of amides is 1. The summed E-state index contributed by atoms with van der Waals surface area (Å²) in [6, 6.07) is 9.02. The van der Waals surface area contributed by atoms with Gasteiger partial charge >= 0.3 is 0 Å². The van der Waals surface area contributed by atoms with Crippen molar-refractivity contribution in [1.82, 2.24) is 9.97 Å². The number of benzene rings is 1. The third-order valence-electron chi connectivity index (χ3n) is 3.76. The first-order valence-electron chi connectivity index (χ1n) is 8.28. The Morgan fingerprint density at radius 2 is 1.96 bits per heavy atom. The molecule has 1 saturated heterocycles. The molecule has 1 aromatic heterocycles. The third-order valence-corrected chi connectivity index (χ3v) is 3.76. The lowest BCUT2D eigenvalue weighted by molar-refractivity contribution is 0.102. The molecule has 0 spiro atoms. The highest BCUT2D eigenvalue weighted by Crippen LogP contribution is 2.25. The number of para-hydroxylation sites is 2. The summed E-state index contributed by atoms with van der Waals surface area (Å²) >= 11 is 0. The Labute approximate surface area is 141 Å². The molecule has 1 aliphatic rings. The Kier molecular flexibility index (Phi) is 4.93. The van der Waals surface area contributed by atoms with E-state index in [-0.39, 0.29) is 12.0 Å². The normalized spacial score (nSPS) is 14.0. The Morgan fingerprint density at radius 1 is 1.21 bits per heavy atom. The van der Waals surface area contributed by atoms with Crippen molar-refractivity contribution in [2.24, 2.45) is 0 Å². The van der Waals surface area contributed by atoms with Gasteiger partial charge < -0.3 is 15.0 Å². The quantitative estimate of drug-likeness (QED) is 0.914. The molecule has 0 aliphatic carbocycles. The smallest absolute Gasteiger partial charge is 0.274 e. The molecule has 1 aliphatic heterocycles. The number of aromatic nitrogens is 2. The summed E-state index contributed by atoms with van der Waals surface area (Å²) in [4.78, 5) is 23.3. The zero-order chi connectivity index (χ0) is 16.9. The lowest BCUT2D eigenvalue weighted by atomic mass is 10.2.